The quantitative estimate of drug-likeness (QED) is 0.847. The molecule has 0 spiro atoms. The number of hydrogen-bond acceptors (Lipinski definition) is 2. The van der Waals surface area contributed by atoms with Crippen LogP contribution >= 0.6 is 11.6 Å². The van der Waals surface area contributed by atoms with Crippen molar-refractivity contribution in [2.45, 2.75) is 26.3 Å². The van der Waals surface area contributed by atoms with Crippen molar-refractivity contribution < 1.29 is 0 Å². The standard InChI is InChI=1S/C12H15ClN2/c1-9(2)12(3,8-14)15-11-6-4-10(13)5-7-11/h4-7,9,15H,1-3H3/t12-/m0/s1. The number of rotatable bonds is 3. The van der Waals surface area contributed by atoms with Gasteiger partial charge in [-0.3, -0.25) is 0 Å². The summed E-state index contributed by atoms with van der Waals surface area (Å²) in [6.07, 6.45) is 0. The summed E-state index contributed by atoms with van der Waals surface area (Å²) in [6, 6.07) is 9.66. The second-order valence-corrected chi connectivity index (χ2v) is 4.54. The number of hydrogen-bond donors (Lipinski definition) is 1. The van der Waals surface area contributed by atoms with Crippen molar-refractivity contribution in [2.75, 3.05) is 5.32 Å². The van der Waals surface area contributed by atoms with Crippen molar-refractivity contribution in [2.24, 2.45) is 5.92 Å². The van der Waals surface area contributed by atoms with Crippen LogP contribution in [0.2, 0.25) is 5.02 Å². The predicted molar refractivity (Wildman–Crippen MR) is 63.9 cm³/mol. The van der Waals surface area contributed by atoms with E-state index in [1.165, 1.54) is 0 Å². The third-order valence-electron chi connectivity index (χ3n) is 2.64. The average Bonchev–Trinajstić information content (AvgIpc) is 2.21. The molecule has 2 nitrogen and oxygen atoms in total. The van der Waals surface area contributed by atoms with Gasteiger partial charge in [-0.2, -0.15) is 5.26 Å². The molecule has 1 N–H and O–H groups in total. The number of benzene rings is 1. The molecule has 0 aliphatic rings. The summed E-state index contributed by atoms with van der Waals surface area (Å²) < 4.78 is 0. The van der Waals surface area contributed by atoms with E-state index in [1.54, 1.807) is 0 Å². The summed E-state index contributed by atoms with van der Waals surface area (Å²) in [7, 11) is 0. The predicted octanol–water partition coefficient (Wildman–Crippen LogP) is 3.69. The van der Waals surface area contributed by atoms with Gasteiger partial charge in [0.1, 0.15) is 5.54 Å². The Bertz CT molecular complexity index is 364. The summed E-state index contributed by atoms with van der Waals surface area (Å²) in [5.74, 6) is 0.234. The van der Waals surface area contributed by atoms with E-state index in [0.29, 0.717) is 5.02 Å². The van der Waals surface area contributed by atoms with E-state index in [-0.39, 0.29) is 5.92 Å². The fourth-order valence-electron chi connectivity index (χ4n) is 1.13. The van der Waals surface area contributed by atoms with Gasteiger partial charge in [0.25, 0.3) is 0 Å². The molecule has 1 aromatic rings. The number of nitriles is 1. The highest BCUT2D eigenvalue weighted by atomic mass is 35.5. The Morgan fingerprint density at radius 1 is 1.33 bits per heavy atom. The number of anilines is 1. The van der Waals surface area contributed by atoms with Crippen LogP contribution in [0, 0.1) is 17.2 Å². The fourth-order valence-corrected chi connectivity index (χ4v) is 1.26. The molecule has 0 aliphatic carbocycles. The monoisotopic (exact) mass is 222 g/mol. The third-order valence-corrected chi connectivity index (χ3v) is 2.89. The van der Waals surface area contributed by atoms with Gasteiger partial charge in [-0.25, -0.2) is 0 Å². The zero-order valence-corrected chi connectivity index (χ0v) is 9.97. The second-order valence-electron chi connectivity index (χ2n) is 4.10. The lowest BCUT2D eigenvalue weighted by atomic mass is 9.90. The lowest BCUT2D eigenvalue weighted by Crippen LogP contribution is -2.38. The van der Waals surface area contributed by atoms with Crippen molar-refractivity contribution in [3.8, 4) is 6.07 Å². The highest BCUT2D eigenvalue weighted by Crippen LogP contribution is 2.23. The molecule has 0 bridgehead atoms. The van der Waals surface area contributed by atoms with Crippen LogP contribution in [0.15, 0.2) is 24.3 Å². The molecule has 3 heteroatoms. The minimum Gasteiger partial charge on any atom is -0.367 e. The summed E-state index contributed by atoms with van der Waals surface area (Å²) >= 11 is 5.79. The Morgan fingerprint density at radius 3 is 2.27 bits per heavy atom. The van der Waals surface area contributed by atoms with E-state index in [2.05, 4.69) is 11.4 Å². The third kappa shape index (κ3) is 2.87. The first-order valence-electron chi connectivity index (χ1n) is 4.93. The molecule has 0 amide bonds. The molecular formula is C12H15ClN2. The van der Waals surface area contributed by atoms with Gasteiger partial charge in [-0.05, 0) is 37.1 Å². The van der Waals surface area contributed by atoms with E-state index in [0.717, 1.165) is 5.69 Å². The lowest BCUT2D eigenvalue weighted by molar-refractivity contribution is 0.464. The highest BCUT2D eigenvalue weighted by Gasteiger charge is 2.27. The van der Waals surface area contributed by atoms with Gasteiger partial charge >= 0.3 is 0 Å². The zero-order chi connectivity index (χ0) is 11.5. The molecule has 0 radical (unpaired) electrons. The molecule has 1 rings (SSSR count). The number of nitrogens with one attached hydrogen (secondary N) is 1. The summed E-state index contributed by atoms with van der Waals surface area (Å²) in [5.41, 5.74) is 0.366. The zero-order valence-electron chi connectivity index (χ0n) is 9.21. The highest BCUT2D eigenvalue weighted by molar-refractivity contribution is 6.30. The molecule has 0 unspecified atom stereocenters. The van der Waals surface area contributed by atoms with E-state index < -0.39 is 5.54 Å². The van der Waals surface area contributed by atoms with Gasteiger partial charge in [-0.15, -0.1) is 0 Å². The molecule has 0 fully saturated rings. The summed E-state index contributed by atoms with van der Waals surface area (Å²) in [6.45, 7) is 5.94. The minimum absolute atomic E-state index is 0.234. The van der Waals surface area contributed by atoms with Crippen LogP contribution in [0.5, 0.6) is 0 Å². The Balaban J connectivity index is 2.85. The number of nitrogens with zero attached hydrogens (tertiary/aromatic N) is 1. The van der Waals surface area contributed by atoms with E-state index >= 15 is 0 Å². The Kier molecular flexibility index (Phi) is 3.60. The Morgan fingerprint density at radius 2 is 1.87 bits per heavy atom. The van der Waals surface area contributed by atoms with Crippen LogP contribution in [0.25, 0.3) is 0 Å². The van der Waals surface area contributed by atoms with Crippen LogP contribution in [-0.4, -0.2) is 5.54 Å². The van der Waals surface area contributed by atoms with Crippen molar-refractivity contribution >= 4 is 17.3 Å². The van der Waals surface area contributed by atoms with Crippen LogP contribution in [0.1, 0.15) is 20.8 Å². The molecule has 1 aromatic carbocycles. The first-order chi connectivity index (χ1) is 6.98. The molecular weight excluding hydrogens is 208 g/mol. The second kappa shape index (κ2) is 4.55. The lowest BCUT2D eigenvalue weighted by Gasteiger charge is -2.28. The van der Waals surface area contributed by atoms with Crippen LogP contribution in [0.4, 0.5) is 5.69 Å². The molecule has 15 heavy (non-hydrogen) atoms. The van der Waals surface area contributed by atoms with E-state index in [9.17, 15) is 0 Å². The molecule has 0 saturated heterocycles. The average molecular weight is 223 g/mol. The first-order valence-corrected chi connectivity index (χ1v) is 5.31. The van der Waals surface area contributed by atoms with Crippen molar-refractivity contribution in [1.29, 1.82) is 5.26 Å². The first kappa shape index (κ1) is 11.9. The molecule has 0 aromatic heterocycles. The summed E-state index contributed by atoms with van der Waals surface area (Å²) in [4.78, 5) is 0. The summed E-state index contributed by atoms with van der Waals surface area (Å²) in [5, 5.41) is 13.0. The largest absolute Gasteiger partial charge is 0.367 e. The minimum atomic E-state index is -0.548. The normalized spacial score (nSPS) is 14.4. The van der Waals surface area contributed by atoms with Crippen molar-refractivity contribution in [3.05, 3.63) is 29.3 Å². The maximum absolute atomic E-state index is 9.13. The molecule has 0 saturated carbocycles. The smallest absolute Gasteiger partial charge is 0.124 e. The SMILES string of the molecule is CC(C)[C@](C)(C#N)Nc1ccc(Cl)cc1. The van der Waals surface area contributed by atoms with E-state index in [1.807, 2.05) is 45.0 Å². The Hall–Kier alpha value is -1.20. The maximum Gasteiger partial charge on any atom is 0.124 e. The molecule has 80 valence electrons. The van der Waals surface area contributed by atoms with Gasteiger partial charge in [0, 0.05) is 10.7 Å². The molecule has 0 heterocycles. The van der Waals surface area contributed by atoms with Crippen molar-refractivity contribution in [1.82, 2.24) is 0 Å². The van der Waals surface area contributed by atoms with Gasteiger partial charge in [0.2, 0.25) is 0 Å². The van der Waals surface area contributed by atoms with Crippen LogP contribution in [-0.2, 0) is 0 Å². The van der Waals surface area contributed by atoms with Gasteiger partial charge in [0.05, 0.1) is 6.07 Å². The molecule has 1 atom stereocenters. The Labute approximate surface area is 95.9 Å². The van der Waals surface area contributed by atoms with E-state index in [4.69, 9.17) is 16.9 Å². The van der Waals surface area contributed by atoms with Crippen LogP contribution < -0.4 is 5.32 Å². The van der Waals surface area contributed by atoms with Crippen molar-refractivity contribution in [3.63, 3.8) is 0 Å². The fraction of sp³-hybridized carbons (Fsp3) is 0.417. The van der Waals surface area contributed by atoms with Gasteiger partial charge in [0.15, 0.2) is 0 Å². The topological polar surface area (TPSA) is 35.8 Å². The molecule has 0 aliphatic heterocycles. The van der Waals surface area contributed by atoms with Gasteiger partial charge in [-0.1, -0.05) is 25.4 Å². The number of halogens is 1. The maximum atomic E-state index is 9.13. The van der Waals surface area contributed by atoms with Gasteiger partial charge < -0.3 is 5.32 Å². The van der Waals surface area contributed by atoms with Crippen LogP contribution in [0.3, 0.4) is 0 Å².